The van der Waals surface area contributed by atoms with E-state index in [0.717, 1.165) is 5.75 Å². The monoisotopic (exact) mass is 391 g/mol. The number of benzene rings is 2. The summed E-state index contributed by atoms with van der Waals surface area (Å²) in [5.41, 5.74) is 0.688. The summed E-state index contributed by atoms with van der Waals surface area (Å²) >= 11 is 6.06. The van der Waals surface area contributed by atoms with Crippen molar-refractivity contribution in [1.29, 1.82) is 0 Å². The lowest BCUT2D eigenvalue weighted by Gasteiger charge is -2.10. The SMILES string of the molecule is CCOc1ccc(OCCCC(=O)Nc2cc(C(=O)OC)ccc2Cl)cc1. The van der Waals surface area contributed by atoms with Crippen LogP contribution in [0.2, 0.25) is 5.02 Å². The zero-order valence-corrected chi connectivity index (χ0v) is 16.0. The number of halogens is 1. The van der Waals surface area contributed by atoms with Gasteiger partial charge in [0.05, 0.1) is 36.6 Å². The minimum atomic E-state index is -0.495. The van der Waals surface area contributed by atoms with Crippen LogP contribution in [0.3, 0.4) is 0 Å². The van der Waals surface area contributed by atoms with Gasteiger partial charge in [0, 0.05) is 6.42 Å². The van der Waals surface area contributed by atoms with Crippen molar-refractivity contribution in [2.75, 3.05) is 25.6 Å². The zero-order valence-electron chi connectivity index (χ0n) is 15.3. The molecular weight excluding hydrogens is 370 g/mol. The number of carbonyl (C=O) groups is 2. The lowest BCUT2D eigenvalue weighted by atomic mass is 10.2. The Bertz CT molecular complexity index is 776. The van der Waals surface area contributed by atoms with Crippen LogP contribution in [0.15, 0.2) is 42.5 Å². The average molecular weight is 392 g/mol. The number of nitrogens with one attached hydrogen (secondary N) is 1. The minimum absolute atomic E-state index is 0.214. The fourth-order valence-electron chi connectivity index (χ4n) is 2.30. The predicted molar refractivity (Wildman–Crippen MR) is 104 cm³/mol. The first kappa shape index (κ1) is 20.6. The van der Waals surface area contributed by atoms with Crippen LogP contribution in [0.4, 0.5) is 5.69 Å². The van der Waals surface area contributed by atoms with E-state index in [1.54, 1.807) is 6.07 Å². The van der Waals surface area contributed by atoms with Crippen LogP contribution < -0.4 is 14.8 Å². The van der Waals surface area contributed by atoms with Crippen LogP contribution in [-0.4, -0.2) is 32.2 Å². The summed E-state index contributed by atoms with van der Waals surface area (Å²) in [4.78, 5) is 23.6. The van der Waals surface area contributed by atoms with E-state index in [2.05, 4.69) is 10.1 Å². The van der Waals surface area contributed by atoms with Gasteiger partial charge in [0.25, 0.3) is 0 Å². The molecule has 1 N–H and O–H groups in total. The van der Waals surface area contributed by atoms with Crippen LogP contribution in [0, 0.1) is 0 Å². The van der Waals surface area contributed by atoms with Gasteiger partial charge in [-0.2, -0.15) is 0 Å². The molecule has 27 heavy (non-hydrogen) atoms. The predicted octanol–water partition coefficient (Wildman–Crippen LogP) is 4.32. The van der Waals surface area contributed by atoms with Crippen LogP contribution in [0.25, 0.3) is 0 Å². The summed E-state index contributed by atoms with van der Waals surface area (Å²) in [6.45, 7) is 2.94. The third-order valence-electron chi connectivity index (χ3n) is 3.61. The van der Waals surface area contributed by atoms with Gasteiger partial charge in [0.2, 0.25) is 5.91 Å². The number of hydrogen-bond donors (Lipinski definition) is 1. The summed E-state index contributed by atoms with van der Waals surface area (Å²) in [6.07, 6.45) is 0.795. The Hall–Kier alpha value is -2.73. The van der Waals surface area contributed by atoms with E-state index < -0.39 is 5.97 Å². The molecule has 0 heterocycles. The molecule has 0 aromatic heterocycles. The van der Waals surface area contributed by atoms with E-state index in [1.807, 2.05) is 31.2 Å². The number of carbonyl (C=O) groups excluding carboxylic acids is 2. The number of methoxy groups -OCH3 is 1. The van der Waals surface area contributed by atoms with Gasteiger partial charge in [0.1, 0.15) is 11.5 Å². The maximum Gasteiger partial charge on any atom is 0.337 e. The van der Waals surface area contributed by atoms with Crippen molar-refractivity contribution in [2.24, 2.45) is 0 Å². The Morgan fingerprint density at radius 3 is 2.33 bits per heavy atom. The topological polar surface area (TPSA) is 73.9 Å². The number of amides is 1. The van der Waals surface area contributed by atoms with Gasteiger partial charge in [-0.25, -0.2) is 4.79 Å². The summed E-state index contributed by atoms with van der Waals surface area (Å²) in [7, 11) is 1.29. The van der Waals surface area contributed by atoms with Crippen molar-refractivity contribution in [3.63, 3.8) is 0 Å². The maximum absolute atomic E-state index is 12.1. The summed E-state index contributed by atoms with van der Waals surface area (Å²) in [6, 6.07) is 11.9. The van der Waals surface area contributed by atoms with Crippen LogP contribution >= 0.6 is 11.6 Å². The highest BCUT2D eigenvalue weighted by atomic mass is 35.5. The van der Waals surface area contributed by atoms with Gasteiger partial charge in [-0.15, -0.1) is 0 Å². The molecule has 6 nitrogen and oxygen atoms in total. The molecule has 0 fully saturated rings. The first-order valence-electron chi connectivity index (χ1n) is 8.57. The Balaban J connectivity index is 1.78. The quantitative estimate of drug-likeness (QED) is 0.509. The van der Waals surface area contributed by atoms with Crippen molar-refractivity contribution >= 4 is 29.2 Å². The van der Waals surface area contributed by atoms with Gasteiger partial charge < -0.3 is 19.5 Å². The first-order chi connectivity index (χ1) is 13.0. The number of ether oxygens (including phenoxy) is 3. The van der Waals surface area contributed by atoms with Gasteiger partial charge >= 0.3 is 5.97 Å². The number of rotatable bonds is 9. The van der Waals surface area contributed by atoms with Crippen molar-refractivity contribution in [2.45, 2.75) is 19.8 Å². The molecule has 2 aromatic rings. The maximum atomic E-state index is 12.1. The smallest absolute Gasteiger partial charge is 0.337 e. The Morgan fingerprint density at radius 1 is 1.04 bits per heavy atom. The standard InChI is InChI=1S/C20H22ClNO5/c1-3-26-15-7-9-16(10-8-15)27-12-4-5-19(23)22-18-13-14(20(24)25-2)6-11-17(18)21/h6-11,13H,3-5,12H2,1-2H3,(H,22,23). The number of anilines is 1. The van der Waals surface area contributed by atoms with Crippen molar-refractivity contribution in [1.82, 2.24) is 0 Å². The minimum Gasteiger partial charge on any atom is -0.494 e. The van der Waals surface area contributed by atoms with Crippen LogP contribution in [0.5, 0.6) is 11.5 Å². The molecular formula is C20H22ClNO5. The van der Waals surface area contributed by atoms with E-state index >= 15 is 0 Å². The van der Waals surface area contributed by atoms with E-state index in [1.165, 1.54) is 19.2 Å². The largest absolute Gasteiger partial charge is 0.494 e. The molecule has 0 aliphatic rings. The van der Waals surface area contributed by atoms with E-state index in [9.17, 15) is 9.59 Å². The highest BCUT2D eigenvalue weighted by Crippen LogP contribution is 2.24. The molecule has 0 aliphatic heterocycles. The second-order valence-electron chi connectivity index (χ2n) is 5.59. The molecule has 7 heteroatoms. The van der Waals surface area contributed by atoms with Crippen molar-refractivity contribution in [3.8, 4) is 11.5 Å². The third-order valence-corrected chi connectivity index (χ3v) is 3.94. The molecule has 0 unspecified atom stereocenters. The lowest BCUT2D eigenvalue weighted by molar-refractivity contribution is -0.116. The molecule has 0 atom stereocenters. The first-order valence-corrected chi connectivity index (χ1v) is 8.94. The zero-order chi connectivity index (χ0) is 19.6. The molecule has 0 bridgehead atoms. The van der Waals surface area contributed by atoms with E-state index in [0.29, 0.717) is 41.7 Å². The summed E-state index contributed by atoms with van der Waals surface area (Å²) in [5.74, 6) is 0.795. The summed E-state index contributed by atoms with van der Waals surface area (Å²) < 4.78 is 15.6. The Morgan fingerprint density at radius 2 is 1.70 bits per heavy atom. The Labute approximate surface area is 163 Å². The molecule has 2 aromatic carbocycles. The lowest BCUT2D eigenvalue weighted by Crippen LogP contribution is -2.14. The van der Waals surface area contributed by atoms with E-state index in [4.69, 9.17) is 21.1 Å². The molecule has 0 radical (unpaired) electrons. The molecule has 0 aliphatic carbocycles. The van der Waals surface area contributed by atoms with Gasteiger partial charge in [-0.05, 0) is 55.8 Å². The molecule has 0 saturated carbocycles. The fraction of sp³-hybridized carbons (Fsp3) is 0.300. The highest BCUT2D eigenvalue weighted by molar-refractivity contribution is 6.33. The van der Waals surface area contributed by atoms with Gasteiger partial charge in [0.15, 0.2) is 0 Å². The molecule has 0 spiro atoms. The van der Waals surface area contributed by atoms with Crippen molar-refractivity contribution < 1.29 is 23.8 Å². The summed E-state index contributed by atoms with van der Waals surface area (Å²) in [5, 5.41) is 3.05. The third kappa shape index (κ3) is 6.49. The normalized spacial score (nSPS) is 10.2. The molecule has 1 amide bonds. The average Bonchev–Trinajstić information content (AvgIpc) is 2.68. The molecule has 0 saturated heterocycles. The van der Waals surface area contributed by atoms with Crippen molar-refractivity contribution in [3.05, 3.63) is 53.1 Å². The van der Waals surface area contributed by atoms with Gasteiger partial charge in [-0.1, -0.05) is 11.6 Å². The Kier molecular flexibility index (Phi) is 7.95. The number of hydrogen-bond acceptors (Lipinski definition) is 5. The van der Waals surface area contributed by atoms with Gasteiger partial charge in [-0.3, -0.25) is 4.79 Å². The highest BCUT2D eigenvalue weighted by Gasteiger charge is 2.11. The van der Waals surface area contributed by atoms with Crippen LogP contribution in [-0.2, 0) is 9.53 Å². The number of esters is 1. The molecule has 144 valence electrons. The molecule has 2 rings (SSSR count). The van der Waals surface area contributed by atoms with E-state index in [-0.39, 0.29) is 12.3 Å². The second kappa shape index (κ2) is 10.4. The van der Waals surface area contributed by atoms with Crippen LogP contribution in [0.1, 0.15) is 30.1 Å². The second-order valence-corrected chi connectivity index (χ2v) is 6.00. The fourth-order valence-corrected chi connectivity index (χ4v) is 2.46.